The summed E-state index contributed by atoms with van der Waals surface area (Å²) in [5, 5.41) is 14.2. The smallest absolute Gasteiger partial charge is 0.339 e. The van der Waals surface area contributed by atoms with Crippen LogP contribution in [0.5, 0.6) is 11.5 Å². The summed E-state index contributed by atoms with van der Waals surface area (Å²) in [6.07, 6.45) is 1.64. The first kappa shape index (κ1) is 24.9. The summed E-state index contributed by atoms with van der Waals surface area (Å²) in [6.45, 7) is 1.51. The van der Waals surface area contributed by atoms with Gasteiger partial charge >= 0.3 is 10.1 Å². The fourth-order valence-electron chi connectivity index (χ4n) is 3.14. The first-order valence-electron chi connectivity index (χ1n) is 10.4. The van der Waals surface area contributed by atoms with Gasteiger partial charge in [0.15, 0.2) is 5.17 Å². The van der Waals surface area contributed by atoms with Crippen molar-refractivity contribution in [3.05, 3.63) is 92.9 Å². The molecule has 0 saturated carbocycles. The second-order valence-electron chi connectivity index (χ2n) is 7.49. The van der Waals surface area contributed by atoms with Gasteiger partial charge in [-0.05, 0) is 72.8 Å². The summed E-state index contributed by atoms with van der Waals surface area (Å²) in [5.41, 5.74) is 1.31. The van der Waals surface area contributed by atoms with E-state index in [1.807, 2.05) is 0 Å². The number of nitrogens with one attached hydrogen (secondary N) is 1. The molecular weight excluding hydrogens is 506 g/mol. The average Bonchev–Trinajstić information content (AvgIpc) is 3.18. The number of amides is 1. The van der Waals surface area contributed by atoms with Crippen molar-refractivity contribution in [2.75, 3.05) is 7.11 Å². The summed E-state index contributed by atoms with van der Waals surface area (Å²) in [6, 6.07) is 16.6. The molecule has 184 valence electrons. The lowest BCUT2D eigenvalue weighted by molar-refractivity contribution is -0.385. The Morgan fingerprint density at radius 2 is 1.69 bits per heavy atom. The fraction of sp³-hybridized carbons (Fsp3) is 0.0833. The molecular formula is C24H19N3O7S2. The summed E-state index contributed by atoms with van der Waals surface area (Å²) < 4.78 is 35.4. The van der Waals surface area contributed by atoms with E-state index in [1.54, 1.807) is 49.6 Å². The molecule has 0 spiro atoms. The van der Waals surface area contributed by atoms with Crippen molar-refractivity contribution in [1.82, 2.24) is 5.32 Å². The Morgan fingerprint density at radius 1 is 1.03 bits per heavy atom. The van der Waals surface area contributed by atoms with Crippen molar-refractivity contribution in [2.45, 2.75) is 11.8 Å². The van der Waals surface area contributed by atoms with Crippen molar-refractivity contribution >= 4 is 50.4 Å². The van der Waals surface area contributed by atoms with Gasteiger partial charge in [0.25, 0.3) is 11.6 Å². The highest BCUT2D eigenvalue weighted by Crippen LogP contribution is 2.30. The molecule has 1 aliphatic heterocycles. The predicted molar refractivity (Wildman–Crippen MR) is 136 cm³/mol. The largest absolute Gasteiger partial charge is 0.497 e. The summed E-state index contributed by atoms with van der Waals surface area (Å²) >= 11 is 1.17. The minimum atomic E-state index is -4.28. The van der Waals surface area contributed by atoms with Gasteiger partial charge in [0.05, 0.1) is 22.6 Å². The zero-order valence-electron chi connectivity index (χ0n) is 19.0. The van der Waals surface area contributed by atoms with Crippen molar-refractivity contribution in [1.29, 1.82) is 0 Å². The third kappa shape index (κ3) is 5.73. The second-order valence-corrected chi connectivity index (χ2v) is 10.1. The van der Waals surface area contributed by atoms with Crippen LogP contribution in [0.15, 0.2) is 81.5 Å². The van der Waals surface area contributed by atoms with Crippen LogP contribution in [-0.4, -0.2) is 31.5 Å². The number of aryl methyl sites for hydroxylation is 1. The molecule has 10 nitrogen and oxygen atoms in total. The number of carbonyl (C=O) groups is 1. The van der Waals surface area contributed by atoms with Gasteiger partial charge in [-0.1, -0.05) is 18.2 Å². The molecule has 36 heavy (non-hydrogen) atoms. The van der Waals surface area contributed by atoms with E-state index in [9.17, 15) is 23.3 Å². The maximum absolute atomic E-state index is 12.6. The van der Waals surface area contributed by atoms with E-state index in [4.69, 9.17) is 8.92 Å². The topological polar surface area (TPSA) is 137 Å². The number of nitro benzene ring substituents is 1. The number of ether oxygens (including phenoxy) is 1. The Bertz CT molecular complexity index is 1500. The van der Waals surface area contributed by atoms with Crippen molar-refractivity contribution in [3.8, 4) is 11.5 Å². The standard InChI is InChI=1S/C24H19N3O7S2/c1-15-3-12-20(14-21(15)27(29)30)36(31,32)34-19-8-4-16(5-9-19)13-22-23(28)26-24(35-22)25-17-6-10-18(33-2)11-7-17/h3-14H,1-2H3,(H,25,26,28)/b22-13-. The maximum Gasteiger partial charge on any atom is 0.339 e. The Labute approximate surface area is 210 Å². The van der Waals surface area contributed by atoms with E-state index in [0.29, 0.717) is 32.6 Å². The molecule has 1 heterocycles. The first-order chi connectivity index (χ1) is 17.1. The third-order valence-electron chi connectivity index (χ3n) is 5.00. The minimum Gasteiger partial charge on any atom is -0.497 e. The summed E-state index contributed by atoms with van der Waals surface area (Å²) in [4.78, 5) is 27.3. The molecule has 0 aromatic heterocycles. The van der Waals surface area contributed by atoms with Crippen LogP contribution < -0.4 is 14.2 Å². The molecule has 0 radical (unpaired) electrons. The van der Waals surface area contributed by atoms with Gasteiger partial charge in [-0.25, -0.2) is 4.99 Å². The third-order valence-corrected chi connectivity index (χ3v) is 7.16. The van der Waals surface area contributed by atoms with E-state index in [2.05, 4.69) is 10.3 Å². The van der Waals surface area contributed by atoms with Crippen molar-refractivity contribution in [2.24, 2.45) is 4.99 Å². The lowest BCUT2D eigenvalue weighted by atomic mass is 10.2. The number of nitro groups is 1. The van der Waals surface area contributed by atoms with Crippen LogP contribution in [0.3, 0.4) is 0 Å². The SMILES string of the molecule is COc1ccc(N=C2NC(=O)/C(=C/c3ccc(OS(=O)(=O)c4ccc(C)c([N+](=O)[O-])c4)cc3)S2)cc1. The zero-order chi connectivity index (χ0) is 25.9. The lowest BCUT2D eigenvalue weighted by Crippen LogP contribution is -2.19. The summed E-state index contributed by atoms with van der Waals surface area (Å²) in [5.74, 6) is 0.407. The fourth-order valence-corrected chi connectivity index (χ4v) is 4.93. The number of nitrogens with zero attached hydrogens (tertiary/aromatic N) is 2. The van der Waals surface area contributed by atoms with Gasteiger partial charge < -0.3 is 14.2 Å². The number of methoxy groups -OCH3 is 1. The Hall–Kier alpha value is -4.16. The van der Waals surface area contributed by atoms with E-state index in [-0.39, 0.29) is 22.2 Å². The number of aliphatic imine (C=N–C) groups is 1. The number of amidine groups is 1. The quantitative estimate of drug-likeness (QED) is 0.205. The maximum atomic E-state index is 12.6. The number of hydrogen-bond acceptors (Lipinski definition) is 9. The molecule has 1 saturated heterocycles. The van der Waals surface area contributed by atoms with Crippen LogP contribution in [0.1, 0.15) is 11.1 Å². The second kappa shape index (κ2) is 10.2. The van der Waals surface area contributed by atoms with Crippen LogP contribution in [0.2, 0.25) is 0 Å². The van der Waals surface area contributed by atoms with E-state index < -0.39 is 15.0 Å². The molecule has 12 heteroatoms. The van der Waals surface area contributed by atoms with E-state index in [0.717, 1.165) is 6.07 Å². The zero-order valence-corrected chi connectivity index (χ0v) is 20.6. The normalized spacial score (nSPS) is 15.7. The van der Waals surface area contributed by atoms with Crippen LogP contribution in [0.4, 0.5) is 11.4 Å². The van der Waals surface area contributed by atoms with Gasteiger partial charge in [-0.3, -0.25) is 14.9 Å². The lowest BCUT2D eigenvalue weighted by Gasteiger charge is -2.08. The van der Waals surface area contributed by atoms with Gasteiger partial charge in [-0.2, -0.15) is 8.42 Å². The van der Waals surface area contributed by atoms with Gasteiger partial charge in [0, 0.05) is 11.6 Å². The predicted octanol–water partition coefficient (Wildman–Crippen LogP) is 4.57. The highest BCUT2D eigenvalue weighted by Gasteiger charge is 2.24. The number of hydrogen-bond donors (Lipinski definition) is 1. The Kier molecular flexibility index (Phi) is 7.08. The molecule has 1 N–H and O–H groups in total. The molecule has 1 aliphatic rings. The van der Waals surface area contributed by atoms with E-state index >= 15 is 0 Å². The van der Waals surface area contributed by atoms with Crippen LogP contribution in [-0.2, 0) is 14.9 Å². The molecule has 1 fully saturated rings. The average molecular weight is 526 g/mol. The first-order valence-corrected chi connectivity index (χ1v) is 12.6. The molecule has 1 amide bonds. The molecule has 3 aromatic rings. The van der Waals surface area contributed by atoms with Gasteiger partial charge in [0.2, 0.25) is 0 Å². The van der Waals surface area contributed by atoms with Crippen molar-refractivity contribution in [3.63, 3.8) is 0 Å². The molecule has 0 aliphatic carbocycles. The molecule has 0 unspecified atom stereocenters. The van der Waals surface area contributed by atoms with Crippen LogP contribution in [0.25, 0.3) is 6.08 Å². The van der Waals surface area contributed by atoms with Gasteiger partial charge in [-0.15, -0.1) is 0 Å². The van der Waals surface area contributed by atoms with E-state index in [1.165, 1.54) is 43.0 Å². The highest BCUT2D eigenvalue weighted by atomic mass is 32.2. The molecule has 0 atom stereocenters. The highest BCUT2D eigenvalue weighted by molar-refractivity contribution is 8.18. The Balaban J connectivity index is 1.47. The van der Waals surface area contributed by atoms with Crippen LogP contribution >= 0.6 is 11.8 Å². The number of thioether (sulfide) groups is 1. The molecule has 3 aromatic carbocycles. The molecule has 0 bridgehead atoms. The van der Waals surface area contributed by atoms with Crippen LogP contribution in [0, 0.1) is 17.0 Å². The van der Waals surface area contributed by atoms with Gasteiger partial charge in [0.1, 0.15) is 16.4 Å². The summed E-state index contributed by atoms with van der Waals surface area (Å²) in [7, 11) is -2.71. The minimum absolute atomic E-state index is 0.0191. The monoisotopic (exact) mass is 525 g/mol. The number of benzene rings is 3. The number of rotatable bonds is 7. The molecule has 4 rings (SSSR count). The Morgan fingerprint density at radius 3 is 2.33 bits per heavy atom. The number of carbonyl (C=O) groups excluding carboxylic acids is 1. The van der Waals surface area contributed by atoms with Crippen molar-refractivity contribution < 1.29 is 27.1 Å².